The highest BCUT2D eigenvalue weighted by Crippen LogP contribution is 2.13. The summed E-state index contributed by atoms with van der Waals surface area (Å²) < 4.78 is 12.5. The van der Waals surface area contributed by atoms with E-state index < -0.39 is 5.82 Å². The highest BCUT2D eigenvalue weighted by molar-refractivity contribution is 5.35. The Morgan fingerprint density at radius 1 is 1.53 bits per heavy atom. The Bertz CT molecular complexity index is 398. The average molecular weight is 238 g/mol. The summed E-state index contributed by atoms with van der Waals surface area (Å²) in [6, 6.07) is 5.03. The Morgan fingerprint density at radius 3 is 2.71 bits per heavy atom. The van der Waals surface area contributed by atoms with E-state index in [1.54, 1.807) is 6.07 Å². The number of aromatic hydroxyl groups is 1. The predicted octanol–water partition coefficient (Wildman–Crippen LogP) is 0.991. The third-order valence-corrected chi connectivity index (χ3v) is 2.49. The molecule has 0 radical (unpaired) electrons. The van der Waals surface area contributed by atoms with Crippen LogP contribution in [0.15, 0.2) is 18.2 Å². The average Bonchev–Trinajstić information content (AvgIpc) is 2.83. The van der Waals surface area contributed by atoms with Crippen LogP contribution in [0.4, 0.5) is 4.39 Å². The first-order valence-corrected chi connectivity index (χ1v) is 5.37. The molecule has 0 spiro atoms. The van der Waals surface area contributed by atoms with Gasteiger partial charge in [0.25, 0.3) is 0 Å². The standard InChI is InChI=1S/C7H4FNO.C5H11NO/c8-7-3-6(10)2-1-5(7)4-9;7-4-5-1-2-6-3-5/h1-3,10H;5-7H,1-4H2. The van der Waals surface area contributed by atoms with Gasteiger partial charge in [0.05, 0.1) is 5.56 Å². The number of hydrogen-bond donors (Lipinski definition) is 3. The Labute approximate surface area is 99.3 Å². The summed E-state index contributed by atoms with van der Waals surface area (Å²) in [5.41, 5.74) is -0.0576. The number of nitrogens with zero attached hydrogens (tertiary/aromatic N) is 1. The van der Waals surface area contributed by atoms with Crippen LogP contribution >= 0.6 is 0 Å². The number of halogens is 1. The number of hydrogen-bond acceptors (Lipinski definition) is 4. The fraction of sp³-hybridized carbons (Fsp3) is 0.417. The van der Waals surface area contributed by atoms with Crippen molar-refractivity contribution in [2.24, 2.45) is 5.92 Å². The fourth-order valence-electron chi connectivity index (χ4n) is 1.46. The van der Waals surface area contributed by atoms with Crippen LogP contribution in [0.1, 0.15) is 12.0 Å². The molecule has 1 aliphatic heterocycles. The molecule has 1 fully saturated rings. The second-order valence-corrected chi connectivity index (χ2v) is 3.82. The van der Waals surface area contributed by atoms with E-state index >= 15 is 0 Å². The lowest BCUT2D eigenvalue weighted by molar-refractivity contribution is 0.237. The summed E-state index contributed by atoms with van der Waals surface area (Å²) in [5, 5.41) is 28.6. The van der Waals surface area contributed by atoms with Gasteiger partial charge in [-0.2, -0.15) is 5.26 Å². The first kappa shape index (κ1) is 13.4. The minimum Gasteiger partial charge on any atom is -0.508 e. The lowest BCUT2D eigenvalue weighted by Crippen LogP contribution is -2.11. The van der Waals surface area contributed by atoms with Crippen molar-refractivity contribution in [1.82, 2.24) is 5.32 Å². The number of nitrogens with one attached hydrogen (secondary N) is 1. The number of phenolic OH excluding ortho intramolecular Hbond substituents is 1. The van der Waals surface area contributed by atoms with Gasteiger partial charge in [0.15, 0.2) is 0 Å². The Kier molecular flexibility index (Phi) is 5.40. The molecule has 1 aliphatic rings. The van der Waals surface area contributed by atoms with Gasteiger partial charge >= 0.3 is 0 Å². The zero-order valence-corrected chi connectivity index (χ0v) is 9.36. The second-order valence-electron chi connectivity index (χ2n) is 3.82. The molecular weight excluding hydrogens is 223 g/mol. The highest BCUT2D eigenvalue weighted by Gasteiger charge is 2.11. The maximum Gasteiger partial charge on any atom is 0.144 e. The lowest BCUT2D eigenvalue weighted by atomic mass is 10.1. The summed E-state index contributed by atoms with van der Waals surface area (Å²) in [6.45, 7) is 2.45. The number of phenols is 1. The highest BCUT2D eigenvalue weighted by atomic mass is 19.1. The van der Waals surface area contributed by atoms with Gasteiger partial charge in [0.1, 0.15) is 17.6 Å². The SMILES string of the molecule is N#Cc1ccc(O)cc1F.OCC1CCNC1. The van der Waals surface area contributed by atoms with Gasteiger partial charge in [-0.3, -0.25) is 0 Å². The molecule has 2 rings (SSSR count). The lowest BCUT2D eigenvalue weighted by Gasteiger charge is -1.98. The van der Waals surface area contributed by atoms with Crippen molar-refractivity contribution < 1.29 is 14.6 Å². The molecule has 1 saturated heterocycles. The minimum atomic E-state index is -0.692. The maximum absolute atomic E-state index is 12.5. The van der Waals surface area contributed by atoms with Gasteiger partial charge in [0.2, 0.25) is 0 Å². The third kappa shape index (κ3) is 4.39. The summed E-state index contributed by atoms with van der Waals surface area (Å²) in [6.07, 6.45) is 1.15. The van der Waals surface area contributed by atoms with Crippen LogP contribution in [0.2, 0.25) is 0 Å². The van der Waals surface area contributed by atoms with Crippen molar-refractivity contribution in [3.8, 4) is 11.8 Å². The van der Waals surface area contributed by atoms with Crippen molar-refractivity contribution in [3.05, 3.63) is 29.6 Å². The monoisotopic (exact) mass is 238 g/mol. The number of benzene rings is 1. The molecule has 1 atom stereocenters. The van der Waals surface area contributed by atoms with Crippen molar-refractivity contribution in [2.45, 2.75) is 6.42 Å². The van der Waals surface area contributed by atoms with Gasteiger partial charge in [-0.1, -0.05) is 0 Å². The molecule has 1 aromatic rings. The van der Waals surface area contributed by atoms with E-state index in [9.17, 15) is 4.39 Å². The van der Waals surface area contributed by atoms with Crippen LogP contribution in [-0.2, 0) is 0 Å². The summed E-state index contributed by atoms with van der Waals surface area (Å²) >= 11 is 0. The molecule has 17 heavy (non-hydrogen) atoms. The molecule has 0 amide bonds. The van der Waals surface area contributed by atoms with Crippen LogP contribution in [0.5, 0.6) is 5.75 Å². The zero-order valence-electron chi connectivity index (χ0n) is 9.36. The first-order valence-electron chi connectivity index (χ1n) is 5.37. The molecule has 4 nitrogen and oxygen atoms in total. The predicted molar refractivity (Wildman–Crippen MR) is 60.8 cm³/mol. The van der Waals surface area contributed by atoms with Gasteiger partial charge < -0.3 is 15.5 Å². The molecule has 1 aromatic carbocycles. The van der Waals surface area contributed by atoms with Crippen molar-refractivity contribution in [1.29, 1.82) is 5.26 Å². The van der Waals surface area contributed by atoms with Gasteiger partial charge in [-0.15, -0.1) is 0 Å². The van der Waals surface area contributed by atoms with Gasteiger partial charge in [0, 0.05) is 19.2 Å². The molecule has 1 unspecified atom stereocenters. The van der Waals surface area contributed by atoms with E-state index in [2.05, 4.69) is 5.32 Å². The Balaban J connectivity index is 0.000000181. The van der Waals surface area contributed by atoms with Gasteiger partial charge in [-0.25, -0.2) is 4.39 Å². The minimum absolute atomic E-state index is 0.0576. The molecule has 0 bridgehead atoms. The molecule has 1 heterocycles. The Morgan fingerprint density at radius 2 is 2.29 bits per heavy atom. The topological polar surface area (TPSA) is 76.3 Å². The molecule has 0 aromatic heterocycles. The molecule has 0 saturated carbocycles. The summed E-state index contributed by atoms with van der Waals surface area (Å²) in [7, 11) is 0. The smallest absolute Gasteiger partial charge is 0.144 e. The van der Waals surface area contributed by atoms with E-state index in [1.165, 1.54) is 12.1 Å². The van der Waals surface area contributed by atoms with Crippen molar-refractivity contribution >= 4 is 0 Å². The van der Waals surface area contributed by atoms with Gasteiger partial charge in [-0.05, 0) is 31.0 Å². The van der Waals surface area contributed by atoms with Crippen molar-refractivity contribution in [3.63, 3.8) is 0 Å². The molecule has 5 heteroatoms. The van der Waals surface area contributed by atoms with E-state index in [4.69, 9.17) is 15.5 Å². The number of rotatable bonds is 1. The zero-order chi connectivity index (χ0) is 12.7. The maximum atomic E-state index is 12.5. The van der Waals surface area contributed by atoms with Crippen LogP contribution in [0.3, 0.4) is 0 Å². The molecular formula is C12H15FN2O2. The van der Waals surface area contributed by atoms with E-state index in [1.807, 2.05) is 0 Å². The third-order valence-electron chi connectivity index (χ3n) is 2.49. The number of nitriles is 1. The molecule has 92 valence electrons. The Hall–Kier alpha value is -1.64. The van der Waals surface area contributed by atoms with E-state index in [0.717, 1.165) is 25.6 Å². The number of aliphatic hydroxyl groups is 1. The van der Waals surface area contributed by atoms with Crippen LogP contribution in [-0.4, -0.2) is 29.9 Å². The van der Waals surface area contributed by atoms with Crippen molar-refractivity contribution in [2.75, 3.05) is 19.7 Å². The van der Waals surface area contributed by atoms with Crippen LogP contribution < -0.4 is 5.32 Å². The van der Waals surface area contributed by atoms with E-state index in [0.29, 0.717) is 12.5 Å². The normalized spacial score (nSPS) is 18.1. The summed E-state index contributed by atoms with van der Waals surface area (Å²) in [4.78, 5) is 0. The summed E-state index contributed by atoms with van der Waals surface area (Å²) in [5.74, 6) is -0.320. The quantitative estimate of drug-likeness (QED) is 0.682. The first-order chi connectivity index (χ1) is 8.17. The largest absolute Gasteiger partial charge is 0.508 e. The molecule has 0 aliphatic carbocycles. The number of aliphatic hydroxyl groups excluding tert-OH is 1. The fourth-order valence-corrected chi connectivity index (χ4v) is 1.46. The van der Waals surface area contributed by atoms with Crippen LogP contribution in [0, 0.1) is 23.1 Å². The molecule has 3 N–H and O–H groups in total. The second kappa shape index (κ2) is 6.84. The van der Waals surface area contributed by atoms with E-state index in [-0.39, 0.29) is 11.3 Å². The van der Waals surface area contributed by atoms with Crippen LogP contribution in [0.25, 0.3) is 0 Å².